The van der Waals surface area contributed by atoms with E-state index < -0.39 is 0 Å². The van der Waals surface area contributed by atoms with Crippen LogP contribution in [0.5, 0.6) is 0 Å². The van der Waals surface area contributed by atoms with Gasteiger partial charge in [-0.2, -0.15) is 0 Å². The first-order valence-electron chi connectivity index (χ1n) is 5.90. The van der Waals surface area contributed by atoms with Crippen molar-refractivity contribution < 1.29 is 9.53 Å². The average molecular weight is 214 g/mol. The van der Waals surface area contributed by atoms with Gasteiger partial charge in [0.05, 0.1) is 0 Å². The van der Waals surface area contributed by atoms with Crippen LogP contribution in [-0.2, 0) is 9.53 Å². The van der Waals surface area contributed by atoms with Gasteiger partial charge in [-0.15, -0.1) is 0 Å². The Bertz CT molecular complexity index is 179. The third-order valence-corrected chi connectivity index (χ3v) is 2.68. The Balaban J connectivity index is 1.92. The molecule has 0 aromatic rings. The van der Waals surface area contributed by atoms with Gasteiger partial charge in [0.1, 0.15) is 6.61 Å². The van der Waals surface area contributed by atoms with Crippen molar-refractivity contribution in [3.63, 3.8) is 0 Å². The summed E-state index contributed by atoms with van der Waals surface area (Å²) in [7, 11) is 0. The predicted molar refractivity (Wildman–Crippen MR) is 59.5 cm³/mol. The van der Waals surface area contributed by atoms with Crippen LogP contribution in [0.2, 0.25) is 0 Å². The van der Waals surface area contributed by atoms with Gasteiger partial charge in [0.2, 0.25) is 5.91 Å². The molecule has 1 saturated heterocycles. The fourth-order valence-corrected chi connectivity index (χ4v) is 1.74. The number of hydrogen-bond acceptors (Lipinski definition) is 3. The quantitative estimate of drug-likeness (QED) is 0.636. The van der Waals surface area contributed by atoms with Crippen molar-refractivity contribution in [2.75, 3.05) is 32.8 Å². The summed E-state index contributed by atoms with van der Waals surface area (Å²) in [5.74, 6) is 0.145. The molecule has 0 saturated carbocycles. The number of carbonyl (C=O) groups is 1. The van der Waals surface area contributed by atoms with Crippen LogP contribution in [-0.4, -0.2) is 43.7 Å². The molecule has 0 unspecified atom stereocenters. The molecule has 1 aliphatic heterocycles. The van der Waals surface area contributed by atoms with Gasteiger partial charge in [-0.25, -0.2) is 0 Å². The van der Waals surface area contributed by atoms with E-state index in [2.05, 4.69) is 0 Å². The normalized spacial score (nSPS) is 15.9. The van der Waals surface area contributed by atoms with E-state index in [0.29, 0.717) is 6.61 Å². The molecule has 88 valence electrons. The van der Waals surface area contributed by atoms with Crippen molar-refractivity contribution in [1.29, 1.82) is 0 Å². The molecule has 1 amide bonds. The first-order valence-corrected chi connectivity index (χ1v) is 5.90. The molecule has 0 spiro atoms. The van der Waals surface area contributed by atoms with E-state index in [1.165, 1.54) is 0 Å². The number of amides is 1. The molecular weight excluding hydrogens is 192 g/mol. The van der Waals surface area contributed by atoms with Crippen LogP contribution in [0.4, 0.5) is 0 Å². The molecular formula is C11H22N2O2. The van der Waals surface area contributed by atoms with Crippen LogP contribution in [0.25, 0.3) is 0 Å². The molecule has 0 radical (unpaired) electrons. The Morgan fingerprint density at radius 2 is 1.93 bits per heavy atom. The Labute approximate surface area is 91.8 Å². The first-order chi connectivity index (χ1) is 7.34. The molecule has 0 aliphatic carbocycles. The van der Waals surface area contributed by atoms with Gasteiger partial charge in [-0.3, -0.25) is 4.79 Å². The maximum absolute atomic E-state index is 11.5. The Morgan fingerprint density at radius 3 is 2.60 bits per heavy atom. The summed E-state index contributed by atoms with van der Waals surface area (Å²) in [6, 6.07) is 0. The van der Waals surface area contributed by atoms with Crippen molar-refractivity contribution in [1.82, 2.24) is 4.90 Å². The number of rotatable bonds is 7. The van der Waals surface area contributed by atoms with E-state index in [1.54, 1.807) is 0 Å². The van der Waals surface area contributed by atoms with Gasteiger partial charge in [-0.05, 0) is 38.6 Å². The highest BCUT2D eigenvalue weighted by atomic mass is 16.5. The minimum Gasteiger partial charge on any atom is -0.372 e. The molecule has 1 heterocycles. The third kappa shape index (κ3) is 5.14. The van der Waals surface area contributed by atoms with Crippen molar-refractivity contribution >= 4 is 5.91 Å². The Morgan fingerprint density at radius 1 is 1.20 bits per heavy atom. The second-order valence-electron chi connectivity index (χ2n) is 3.99. The van der Waals surface area contributed by atoms with Crippen LogP contribution in [0.3, 0.4) is 0 Å². The Kier molecular flexibility index (Phi) is 6.36. The van der Waals surface area contributed by atoms with Crippen LogP contribution < -0.4 is 5.73 Å². The molecule has 4 nitrogen and oxygen atoms in total. The monoisotopic (exact) mass is 214 g/mol. The number of ether oxygens (including phenoxy) is 1. The average Bonchev–Trinajstić information content (AvgIpc) is 2.76. The smallest absolute Gasteiger partial charge is 0.248 e. The molecule has 0 atom stereocenters. The maximum atomic E-state index is 11.5. The number of nitrogens with zero attached hydrogens (tertiary/aromatic N) is 1. The minimum atomic E-state index is 0.145. The summed E-state index contributed by atoms with van der Waals surface area (Å²) in [4.78, 5) is 13.4. The topological polar surface area (TPSA) is 55.6 Å². The van der Waals surface area contributed by atoms with Crippen molar-refractivity contribution in [2.45, 2.75) is 32.1 Å². The van der Waals surface area contributed by atoms with Crippen LogP contribution in [0, 0.1) is 0 Å². The lowest BCUT2D eigenvalue weighted by molar-refractivity contribution is -0.135. The largest absolute Gasteiger partial charge is 0.372 e. The van der Waals surface area contributed by atoms with E-state index in [0.717, 1.165) is 51.7 Å². The minimum absolute atomic E-state index is 0.145. The molecule has 1 aliphatic rings. The highest BCUT2D eigenvalue weighted by molar-refractivity contribution is 5.77. The first kappa shape index (κ1) is 12.5. The molecule has 0 aromatic heterocycles. The van der Waals surface area contributed by atoms with E-state index in [4.69, 9.17) is 10.5 Å². The summed E-state index contributed by atoms with van der Waals surface area (Å²) in [5.41, 5.74) is 5.37. The number of unbranched alkanes of at least 4 members (excludes halogenated alkanes) is 2. The fraction of sp³-hybridized carbons (Fsp3) is 0.909. The van der Waals surface area contributed by atoms with Crippen molar-refractivity contribution in [3.05, 3.63) is 0 Å². The summed E-state index contributed by atoms with van der Waals surface area (Å²) in [6.07, 6.45) is 5.42. The molecule has 1 fully saturated rings. The summed E-state index contributed by atoms with van der Waals surface area (Å²) in [5, 5.41) is 0. The molecule has 0 aromatic carbocycles. The third-order valence-electron chi connectivity index (χ3n) is 2.68. The second kappa shape index (κ2) is 7.65. The zero-order chi connectivity index (χ0) is 10.9. The van der Waals surface area contributed by atoms with Gasteiger partial charge in [-0.1, -0.05) is 0 Å². The number of carbonyl (C=O) groups excluding carboxylic acids is 1. The molecule has 15 heavy (non-hydrogen) atoms. The van der Waals surface area contributed by atoms with Crippen molar-refractivity contribution in [3.8, 4) is 0 Å². The maximum Gasteiger partial charge on any atom is 0.248 e. The molecule has 4 heteroatoms. The number of likely N-dealkylation sites (tertiary alicyclic amines) is 1. The van der Waals surface area contributed by atoms with E-state index in [1.807, 2.05) is 4.90 Å². The second-order valence-corrected chi connectivity index (χ2v) is 3.99. The van der Waals surface area contributed by atoms with Crippen LogP contribution in [0.15, 0.2) is 0 Å². The predicted octanol–water partition coefficient (Wildman–Crippen LogP) is 0.754. The van der Waals surface area contributed by atoms with Gasteiger partial charge >= 0.3 is 0 Å². The zero-order valence-electron chi connectivity index (χ0n) is 9.41. The van der Waals surface area contributed by atoms with E-state index in [9.17, 15) is 4.79 Å². The van der Waals surface area contributed by atoms with Crippen LogP contribution >= 0.6 is 0 Å². The summed E-state index contributed by atoms with van der Waals surface area (Å²) in [6.45, 7) is 3.50. The standard InChI is InChI=1S/C11H22N2O2/c12-6-2-1-5-9-15-10-11(14)13-7-3-4-8-13/h1-10,12H2. The number of hydrogen-bond donors (Lipinski definition) is 1. The van der Waals surface area contributed by atoms with Gasteiger partial charge in [0, 0.05) is 19.7 Å². The summed E-state index contributed by atoms with van der Waals surface area (Å²) >= 11 is 0. The lowest BCUT2D eigenvalue weighted by Crippen LogP contribution is -2.31. The van der Waals surface area contributed by atoms with Gasteiger partial charge in [0.15, 0.2) is 0 Å². The van der Waals surface area contributed by atoms with Gasteiger partial charge in [0.25, 0.3) is 0 Å². The molecule has 1 rings (SSSR count). The zero-order valence-corrected chi connectivity index (χ0v) is 9.41. The van der Waals surface area contributed by atoms with E-state index >= 15 is 0 Å². The fourth-order valence-electron chi connectivity index (χ4n) is 1.74. The van der Waals surface area contributed by atoms with E-state index in [-0.39, 0.29) is 12.5 Å². The van der Waals surface area contributed by atoms with Crippen molar-refractivity contribution in [2.24, 2.45) is 5.73 Å². The lowest BCUT2D eigenvalue weighted by atomic mass is 10.2. The highest BCUT2D eigenvalue weighted by Gasteiger charge is 2.17. The molecule has 2 N–H and O–H groups in total. The highest BCUT2D eigenvalue weighted by Crippen LogP contribution is 2.07. The summed E-state index contributed by atoms with van der Waals surface area (Å²) < 4.78 is 5.32. The Hall–Kier alpha value is -0.610. The molecule has 0 bridgehead atoms. The lowest BCUT2D eigenvalue weighted by Gasteiger charge is -2.14. The number of nitrogens with two attached hydrogens (primary N) is 1. The van der Waals surface area contributed by atoms with Gasteiger partial charge < -0.3 is 15.4 Å². The SMILES string of the molecule is NCCCCCOCC(=O)N1CCCC1. The van der Waals surface area contributed by atoms with Crippen LogP contribution in [0.1, 0.15) is 32.1 Å².